The van der Waals surface area contributed by atoms with Crippen LogP contribution in [0.1, 0.15) is 29.6 Å². The van der Waals surface area contributed by atoms with E-state index in [9.17, 15) is 9.59 Å². The summed E-state index contributed by atoms with van der Waals surface area (Å²) >= 11 is 0. The Morgan fingerprint density at radius 3 is 2.72 bits per heavy atom. The lowest BCUT2D eigenvalue weighted by molar-refractivity contribution is -0.134. The first-order valence-electron chi connectivity index (χ1n) is 5.66. The minimum atomic E-state index is -0.388. The van der Waals surface area contributed by atoms with Crippen LogP contribution in [0.15, 0.2) is 18.2 Å². The predicted octanol–water partition coefficient (Wildman–Crippen LogP) is 1.58. The Hall–Kier alpha value is -1.88. The Balaban J connectivity index is 2.65. The molecule has 0 fully saturated rings. The van der Waals surface area contributed by atoms with Gasteiger partial charge in [0.15, 0.2) is 11.5 Å². The van der Waals surface area contributed by atoms with Crippen molar-refractivity contribution in [2.24, 2.45) is 0 Å². The van der Waals surface area contributed by atoms with E-state index in [1.54, 1.807) is 6.07 Å². The Bertz CT molecular complexity index is 414. The summed E-state index contributed by atoms with van der Waals surface area (Å²) < 4.78 is 10.2. The Labute approximate surface area is 105 Å². The van der Waals surface area contributed by atoms with Crippen molar-refractivity contribution in [3.8, 4) is 11.5 Å². The van der Waals surface area contributed by atoms with Crippen LogP contribution in [0, 0.1) is 0 Å². The standard InChI is InChI=1S/C13H16O5/c1-17-12-8-10(9-15)5-6-11(12)18-13(16)4-2-3-7-14/h5-6,8-9,14H,2-4,7H2,1H3. The molecular weight excluding hydrogens is 236 g/mol. The predicted molar refractivity (Wildman–Crippen MR) is 65.0 cm³/mol. The number of unbranched alkanes of at least 4 members (excludes halogenated alkanes) is 1. The van der Waals surface area contributed by atoms with Crippen molar-refractivity contribution in [3.63, 3.8) is 0 Å². The Kier molecular flexibility index (Phi) is 5.87. The molecule has 0 spiro atoms. The third-order valence-corrected chi connectivity index (χ3v) is 2.34. The van der Waals surface area contributed by atoms with E-state index < -0.39 is 0 Å². The van der Waals surface area contributed by atoms with Gasteiger partial charge in [0.2, 0.25) is 0 Å². The first kappa shape index (κ1) is 14.2. The van der Waals surface area contributed by atoms with Crippen LogP contribution in [-0.4, -0.2) is 31.1 Å². The van der Waals surface area contributed by atoms with Crippen LogP contribution in [0.25, 0.3) is 0 Å². The molecule has 0 atom stereocenters. The maximum Gasteiger partial charge on any atom is 0.311 e. The van der Waals surface area contributed by atoms with Gasteiger partial charge in [0.25, 0.3) is 0 Å². The fourth-order valence-electron chi connectivity index (χ4n) is 1.40. The van der Waals surface area contributed by atoms with Gasteiger partial charge in [-0.05, 0) is 31.0 Å². The molecule has 0 aromatic heterocycles. The average Bonchev–Trinajstić information content (AvgIpc) is 2.39. The highest BCUT2D eigenvalue weighted by Crippen LogP contribution is 2.27. The minimum absolute atomic E-state index is 0.0602. The first-order valence-corrected chi connectivity index (χ1v) is 5.66. The number of esters is 1. The van der Waals surface area contributed by atoms with Crippen molar-refractivity contribution >= 4 is 12.3 Å². The SMILES string of the molecule is COc1cc(C=O)ccc1OC(=O)CCCCO. The summed E-state index contributed by atoms with van der Waals surface area (Å²) in [6.07, 6.45) is 2.06. The topological polar surface area (TPSA) is 72.8 Å². The monoisotopic (exact) mass is 252 g/mol. The van der Waals surface area contributed by atoms with Gasteiger partial charge in [-0.1, -0.05) is 0 Å². The summed E-state index contributed by atoms with van der Waals surface area (Å²) in [6.45, 7) is 0.0602. The van der Waals surface area contributed by atoms with Crippen molar-refractivity contribution in [2.45, 2.75) is 19.3 Å². The Morgan fingerprint density at radius 2 is 2.11 bits per heavy atom. The molecule has 0 aliphatic heterocycles. The van der Waals surface area contributed by atoms with Gasteiger partial charge >= 0.3 is 5.97 Å². The highest BCUT2D eigenvalue weighted by molar-refractivity contribution is 5.78. The molecule has 18 heavy (non-hydrogen) atoms. The van der Waals surface area contributed by atoms with Gasteiger partial charge in [-0.15, -0.1) is 0 Å². The quantitative estimate of drug-likeness (QED) is 0.345. The van der Waals surface area contributed by atoms with E-state index in [1.165, 1.54) is 19.2 Å². The van der Waals surface area contributed by atoms with E-state index in [1.807, 2.05) is 0 Å². The van der Waals surface area contributed by atoms with Crippen LogP contribution in [-0.2, 0) is 4.79 Å². The van der Waals surface area contributed by atoms with Crippen LogP contribution >= 0.6 is 0 Å². The third kappa shape index (κ3) is 4.18. The average molecular weight is 252 g/mol. The highest BCUT2D eigenvalue weighted by Gasteiger charge is 2.10. The van der Waals surface area contributed by atoms with E-state index in [2.05, 4.69) is 0 Å². The van der Waals surface area contributed by atoms with Gasteiger partial charge < -0.3 is 14.6 Å². The smallest absolute Gasteiger partial charge is 0.311 e. The van der Waals surface area contributed by atoms with Crippen LogP contribution in [0.3, 0.4) is 0 Å². The molecule has 0 unspecified atom stereocenters. The van der Waals surface area contributed by atoms with Gasteiger partial charge in [0, 0.05) is 18.6 Å². The minimum Gasteiger partial charge on any atom is -0.493 e. The number of aliphatic hydroxyl groups is 1. The molecule has 1 rings (SSSR count). The lowest BCUT2D eigenvalue weighted by atomic mass is 10.2. The van der Waals surface area contributed by atoms with Crippen LogP contribution in [0.4, 0.5) is 0 Å². The van der Waals surface area contributed by atoms with Crippen molar-refractivity contribution in [2.75, 3.05) is 13.7 Å². The van der Waals surface area contributed by atoms with E-state index in [4.69, 9.17) is 14.6 Å². The number of carbonyl (C=O) groups excluding carboxylic acids is 2. The second-order valence-corrected chi connectivity index (χ2v) is 3.68. The summed E-state index contributed by atoms with van der Waals surface area (Å²) in [5.41, 5.74) is 0.451. The normalized spacial score (nSPS) is 9.89. The molecule has 0 bridgehead atoms. The van der Waals surface area contributed by atoms with Gasteiger partial charge in [-0.2, -0.15) is 0 Å². The summed E-state index contributed by atoms with van der Waals surface area (Å²) in [4.78, 5) is 22.1. The number of carbonyl (C=O) groups is 2. The molecule has 0 saturated heterocycles. The summed E-state index contributed by atoms with van der Waals surface area (Å²) in [5, 5.41) is 8.60. The maximum absolute atomic E-state index is 11.5. The molecule has 0 aliphatic carbocycles. The molecule has 98 valence electrons. The number of rotatable bonds is 7. The number of benzene rings is 1. The Morgan fingerprint density at radius 1 is 1.33 bits per heavy atom. The van der Waals surface area contributed by atoms with E-state index in [-0.39, 0.29) is 24.7 Å². The maximum atomic E-state index is 11.5. The fraction of sp³-hybridized carbons (Fsp3) is 0.385. The zero-order valence-corrected chi connectivity index (χ0v) is 10.2. The van der Waals surface area contributed by atoms with Crippen molar-refractivity contribution in [3.05, 3.63) is 23.8 Å². The molecule has 0 heterocycles. The molecule has 0 saturated carbocycles. The summed E-state index contributed by atoms with van der Waals surface area (Å²) in [6, 6.07) is 4.57. The number of aliphatic hydroxyl groups excluding tert-OH is 1. The van der Waals surface area contributed by atoms with E-state index in [0.29, 0.717) is 30.4 Å². The number of hydrogen-bond acceptors (Lipinski definition) is 5. The molecule has 0 aliphatic rings. The number of aldehydes is 1. The van der Waals surface area contributed by atoms with Gasteiger partial charge in [0.1, 0.15) is 6.29 Å². The second-order valence-electron chi connectivity index (χ2n) is 3.68. The molecule has 5 heteroatoms. The van der Waals surface area contributed by atoms with Crippen LogP contribution in [0.5, 0.6) is 11.5 Å². The lowest BCUT2D eigenvalue weighted by Crippen LogP contribution is -2.08. The molecule has 1 aromatic carbocycles. The van der Waals surface area contributed by atoms with E-state index in [0.717, 1.165) is 0 Å². The van der Waals surface area contributed by atoms with Crippen molar-refractivity contribution < 1.29 is 24.2 Å². The zero-order valence-electron chi connectivity index (χ0n) is 10.2. The molecule has 0 amide bonds. The second kappa shape index (κ2) is 7.45. The van der Waals surface area contributed by atoms with Gasteiger partial charge in [-0.3, -0.25) is 9.59 Å². The van der Waals surface area contributed by atoms with Crippen LogP contribution < -0.4 is 9.47 Å². The van der Waals surface area contributed by atoms with Gasteiger partial charge in [0.05, 0.1) is 7.11 Å². The van der Waals surface area contributed by atoms with E-state index >= 15 is 0 Å². The third-order valence-electron chi connectivity index (χ3n) is 2.34. The van der Waals surface area contributed by atoms with Gasteiger partial charge in [-0.25, -0.2) is 0 Å². The first-order chi connectivity index (χ1) is 8.71. The molecule has 5 nitrogen and oxygen atoms in total. The molecule has 0 radical (unpaired) electrons. The molecule has 1 N–H and O–H groups in total. The lowest BCUT2D eigenvalue weighted by Gasteiger charge is -2.09. The van der Waals surface area contributed by atoms with Crippen molar-refractivity contribution in [1.82, 2.24) is 0 Å². The number of hydrogen-bond donors (Lipinski definition) is 1. The van der Waals surface area contributed by atoms with Crippen LogP contribution in [0.2, 0.25) is 0 Å². The largest absolute Gasteiger partial charge is 0.493 e. The summed E-state index contributed by atoms with van der Waals surface area (Å²) in [7, 11) is 1.44. The fourth-order valence-corrected chi connectivity index (χ4v) is 1.40. The number of methoxy groups -OCH3 is 1. The van der Waals surface area contributed by atoms with Crippen molar-refractivity contribution in [1.29, 1.82) is 0 Å². The zero-order chi connectivity index (χ0) is 13.4. The number of ether oxygens (including phenoxy) is 2. The highest BCUT2D eigenvalue weighted by atomic mass is 16.6. The summed E-state index contributed by atoms with van der Waals surface area (Å²) in [5.74, 6) is 0.243. The molecular formula is C13H16O5. The molecule has 1 aromatic rings.